The molecule has 2 aromatic carbocycles. The number of rotatable bonds is 9. The molecule has 2 aliphatic rings. The van der Waals surface area contributed by atoms with E-state index in [-0.39, 0.29) is 0 Å². The maximum absolute atomic E-state index is 13.4. The van der Waals surface area contributed by atoms with E-state index in [1.54, 1.807) is 13.3 Å². The molecule has 0 spiro atoms. The number of anilines is 5. The third kappa shape index (κ3) is 7.12. The van der Waals surface area contributed by atoms with Crippen LogP contribution in [0.25, 0.3) is 0 Å². The molecule has 2 fully saturated rings. The number of ether oxygens (including phenoxy) is 1. The number of hydrogen-bond donors (Lipinski definition) is 2. The van der Waals surface area contributed by atoms with Crippen LogP contribution in [0.3, 0.4) is 0 Å². The molecule has 0 bridgehead atoms. The van der Waals surface area contributed by atoms with Gasteiger partial charge in [-0.25, -0.2) is 4.98 Å². The molecule has 9 nitrogen and oxygen atoms in total. The van der Waals surface area contributed by atoms with Crippen LogP contribution < -0.4 is 25.6 Å². The fourth-order valence-electron chi connectivity index (χ4n) is 6.25. The van der Waals surface area contributed by atoms with Crippen LogP contribution in [0.1, 0.15) is 30.9 Å². The van der Waals surface area contributed by atoms with Crippen molar-refractivity contribution in [3.05, 3.63) is 52.7 Å². The van der Waals surface area contributed by atoms with Gasteiger partial charge in [-0.2, -0.15) is 4.98 Å². The lowest BCUT2D eigenvalue weighted by Gasteiger charge is -2.43. The zero-order valence-corrected chi connectivity index (χ0v) is 27.9. The highest BCUT2D eigenvalue weighted by atomic mass is 35.5. The predicted molar refractivity (Wildman–Crippen MR) is 181 cm³/mol. The fourth-order valence-corrected chi connectivity index (χ4v) is 8.17. The topological polar surface area (TPSA) is 85.9 Å². The fraction of sp³-hybridized carbons (Fsp3) is 0.500. The molecule has 3 heterocycles. The van der Waals surface area contributed by atoms with Gasteiger partial charge in [-0.1, -0.05) is 30.7 Å². The average molecular weight is 626 g/mol. The minimum absolute atomic E-state index is 0.374. The molecule has 1 unspecified atom stereocenters. The second-order valence-electron chi connectivity index (χ2n) is 11.9. The van der Waals surface area contributed by atoms with Gasteiger partial charge in [0.05, 0.1) is 24.7 Å². The summed E-state index contributed by atoms with van der Waals surface area (Å²) in [4.78, 5) is 16.7. The highest BCUT2D eigenvalue weighted by Crippen LogP contribution is 2.44. The number of halogens is 1. The summed E-state index contributed by atoms with van der Waals surface area (Å²) in [5.41, 5.74) is 4.87. The first-order valence-electron chi connectivity index (χ1n) is 15.2. The number of hydrogen-bond acceptors (Lipinski definition) is 9. The number of benzene rings is 2. The van der Waals surface area contributed by atoms with Crippen molar-refractivity contribution in [1.29, 1.82) is 0 Å². The maximum Gasteiger partial charge on any atom is 0.229 e. The number of piperidine rings is 1. The third-order valence-electron chi connectivity index (χ3n) is 8.94. The molecular formula is C32H45ClN7O2P. The standard InChI is InChI=1S/C32H45ClN7O2P/c1-7-43(6,41)30-22(2)9-8-10-26(30)35-31-25(33)21-34-32(37-31)36-27-19-23(3)28(20-29(27)42-5)40-13-11-24(12-14-40)39-17-15-38(4)16-18-39/h8-10,19-21,24H,7,11-18H2,1-6H3,(H2,34,35,36,37). The maximum atomic E-state index is 13.4. The van der Waals surface area contributed by atoms with E-state index in [1.165, 1.54) is 31.6 Å². The first-order valence-corrected chi connectivity index (χ1v) is 17.9. The lowest BCUT2D eigenvalue weighted by Crippen LogP contribution is -2.52. The summed E-state index contributed by atoms with van der Waals surface area (Å²) >= 11 is 6.53. The van der Waals surface area contributed by atoms with Gasteiger partial charge in [0.1, 0.15) is 17.9 Å². The summed E-state index contributed by atoms with van der Waals surface area (Å²) in [7, 11) is 1.34. The first-order chi connectivity index (χ1) is 20.6. The van der Waals surface area contributed by atoms with Gasteiger partial charge in [0.2, 0.25) is 5.95 Å². The van der Waals surface area contributed by atoms with E-state index in [4.69, 9.17) is 16.3 Å². The largest absolute Gasteiger partial charge is 0.494 e. The second-order valence-corrected chi connectivity index (χ2v) is 15.6. The highest BCUT2D eigenvalue weighted by Gasteiger charge is 2.28. The number of methoxy groups -OCH3 is 1. The van der Waals surface area contributed by atoms with Gasteiger partial charge in [-0.3, -0.25) is 4.90 Å². The average Bonchev–Trinajstić information content (AvgIpc) is 2.99. The summed E-state index contributed by atoms with van der Waals surface area (Å²) in [6.45, 7) is 14.6. The molecule has 5 rings (SSSR count). The minimum atomic E-state index is -2.56. The van der Waals surface area contributed by atoms with Crippen molar-refractivity contribution in [2.75, 3.05) is 81.8 Å². The SMILES string of the molecule is CCP(C)(=O)c1c(C)cccc1Nc1nc(Nc2cc(C)c(N3CCC(N4CCN(C)CC4)CC3)cc2OC)ncc1Cl. The van der Waals surface area contributed by atoms with Gasteiger partial charge in [-0.05, 0) is 63.7 Å². The Morgan fingerprint density at radius 3 is 2.42 bits per heavy atom. The first kappa shape index (κ1) is 31.6. The number of aromatic nitrogens is 2. The lowest BCUT2D eigenvalue weighted by atomic mass is 10.0. The van der Waals surface area contributed by atoms with E-state index in [1.807, 2.05) is 38.7 Å². The molecule has 11 heteroatoms. The zero-order valence-electron chi connectivity index (χ0n) is 26.3. The Morgan fingerprint density at radius 1 is 1.02 bits per heavy atom. The Hall–Kier alpha value is -2.84. The van der Waals surface area contributed by atoms with Crippen LogP contribution in [-0.4, -0.2) is 92.1 Å². The van der Waals surface area contributed by atoms with Gasteiger partial charge in [0, 0.05) is 68.5 Å². The summed E-state index contributed by atoms with van der Waals surface area (Å²) in [6, 6.07) is 10.7. The Morgan fingerprint density at radius 2 is 1.74 bits per heavy atom. The van der Waals surface area contributed by atoms with Gasteiger partial charge >= 0.3 is 0 Å². The number of piperazine rings is 1. The van der Waals surface area contributed by atoms with E-state index in [9.17, 15) is 4.57 Å². The van der Waals surface area contributed by atoms with Crippen LogP contribution in [0.15, 0.2) is 36.5 Å². The smallest absolute Gasteiger partial charge is 0.229 e. The normalized spacial score (nSPS) is 18.3. The van der Waals surface area contributed by atoms with E-state index in [2.05, 4.69) is 61.4 Å². The van der Waals surface area contributed by atoms with Crippen molar-refractivity contribution in [3.63, 3.8) is 0 Å². The Bertz CT molecular complexity index is 1490. The Balaban J connectivity index is 1.32. The minimum Gasteiger partial charge on any atom is -0.494 e. The molecule has 0 saturated carbocycles. The van der Waals surface area contributed by atoms with Gasteiger partial charge < -0.3 is 29.7 Å². The molecule has 0 aliphatic carbocycles. The molecule has 2 saturated heterocycles. The van der Waals surface area contributed by atoms with E-state index >= 15 is 0 Å². The van der Waals surface area contributed by atoms with Crippen LogP contribution in [0, 0.1) is 13.8 Å². The predicted octanol–water partition coefficient (Wildman–Crippen LogP) is 6.10. The van der Waals surface area contributed by atoms with E-state index in [0.29, 0.717) is 29.0 Å². The summed E-state index contributed by atoms with van der Waals surface area (Å²) in [6.07, 6.45) is 4.49. The molecule has 232 valence electrons. The van der Waals surface area contributed by atoms with Crippen molar-refractivity contribution in [1.82, 2.24) is 19.8 Å². The Kier molecular flexibility index (Phi) is 9.86. The van der Waals surface area contributed by atoms with Crippen LogP contribution in [-0.2, 0) is 4.57 Å². The molecule has 2 N–H and O–H groups in total. The van der Waals surface area contributed by atoms with E-state index < -0.39 is 7.14 Å². The number of aryl methyl sites for hydroxylation is 2. The number of nitrogens with zero attached hydrogens (tertiary/aromatic N) is 5. The second kappa shape index (κ2) is 13.4. The zero-order chi connectivity index (χ0) is 30.7. The molecule has 0 radical (unpaired) electrons. The van der Waals surface area contributed by atoms with Gasteiger partial charge in [-0.15, -0.1) is 0 Å². The van der Waals surface area contributed by atoms with Crippen LogP contribution >= 0.6 is 18.7 Å². The third-order valence-corrected chi connectivity index (χ3v) is 12.0. The van der Waals surface area contributed by atoms with Crippen LogP contribution in [0.2, 0.25) is 5.02 Å². The van der Waals surface area contributed by atoms with Crippen molar-refractivity contribution < 1.29 is 9.30 Å². The molecule has 3 aromatic rings. The monoisotopic (exact) mass is 625 g/mol. The van der Waals surface area contributed by atoms with Crippen LogP contribution in [0.5, 0.6) is 5.75 Å². The molecule has 2 aliphatic heterocycles. The molecule has 1 atom stereocenters. The Labute approximate surface area is 261 Å². The summed E-state index contributed by atoms with van der Waals surface area (Å²) in [5.74, 6) is 1.55. The van der Waals surface area contributed by atoms with Crippen LogP contribution in [0.4, 0.5) is 28.8 Å². The lowest BCUT2D eigenvalue weighted by molar-refractivity contribution is 0.0982. The molecule has 43 heavy (non-hydrogen) atoms. The quantitative estimate of drug-likeness (QED) is 0.274. The number of likely N-dealkylation sites (N-methyl/N-ethyl adjacent to an activating group) is 1. The van der Waals surface area contributed by atoms with E-state index in [0.717, 1.165) is 59.7 Å². The van der Waals surface area contributed by atoms with Crippen molar-refractivity contribution in [2.45, 2.75) is 39.7 Å². The molecular weight excluding hydrogens is 581 g/mol. The van der Waals surface area contributed by atoms with Crippen molar-refractivity contribution in [2.24, 2.45) is 0 Å². The van der Waals surface area contributed by atoms with Crippen molar-refractivity contribution in [3.8, 4) is 5.75 Å². The van der Waals surface area contributed by atoms with Gasteiger partial charge in [0.25, 0.3) is 0 Å². The highest BCUT2D eigenvalue weighted by molar-refractivity contribution is 7.71. The number of nitrogens with one attached hydrogen (secondary N) is 2. The molecule has 1 aromatic heterocycles. The summed E-state index contributed by atoms with van der Waals surface area (Å²) in [5, 5.41) is 7.87. The summed E-state index contributed by atoms with van der Waals surface area (Å²) < 4.78 is 19.2. The van der Waals surface area contributed by atoms with Gasteiger partial charge in [0.15, 0.2) is 5.82 Å². The molecule has 0 amide bonds. The van der Waals surface area contributed by atoms with Crippen molar-refractivity contribution >= 4 is 52.9 Å².